The fourth-order valence-electron chi connectivity index (χ4n) is 2.82. The van der Waals surface area contributed by atoms with Crippen LogP contribution in [0.25, 0.3) is 10.8 Å². The van der Waals surface area contributed by atoms with Crippen LogP contribution < -0.4 is 4.74 Å². The van der Waals surface area contributed by atoms with E-state index in [1.807, 2.05) is 42.2 Å². The van der Waals surface area contributed by atoms with Crippen LogP contribution in [0, 0.1) is 0 Å². The van der Waals surface area contributed by atoms with E-state index in [1.165, 1.54) is 0 Å². The third kappa shape index (κ3) is 3.07. The van der Waals surface area contributed by atoms with E-state index in [-0.39, 0.29) is 5.91 Å². The van der Waals surface area contributed by atoms with Crippen molar-refractivity contribution in [2.45, 2.75) is 13.0 Å². The lowest BCUT2D eigenvalue weighted by molar-refractivity contribution is -0.139. The van der Waals surface area contributed by atoms with Gasteiger partial charge in [-0.25, -0.2) is 0 Å². The topological polar surface area (TPSA) is 32.8 Å². The van der Waals surface area contributed by atoms with Crippen molar-refractivity contribution in [1.29, 1.82) is 0 Å². The van der Waals surface area contributed by atoms with Gasteiger partial charge in [0.15, 0.2) is 6.10 Å². The normalized spacial score (nSPS) is 17.5. The smallest absolute Gasteiger partial charge is 0.263 e. The molecule has 0 N–H and O–H groups in total. The molecule has 1 atom stereocenters. The highest BCUT2D eigenvalue weighted by Crippen LogP contribution is 2.26. The molecule has 1 fully saturated rings. The molecule has 1 heterocycles. The minimum atomic E-state index is -0.464. The average Bonchev–Trinajstić information content (AvgIpc) is 2.55. The second-order valence-corrected chi connectivity index (χ2v) is 5.87. The van der Waals surface area contributed by atoms with Gasteiger partial charge in [0.05, 0.1) is 0 Å². The molecule has 0 unspecified atom stereocenters. The molecule has 0 aliphatic carbocycles. The Hall–Kier alpha value is -2.07. The summed E-state index contributed by atoms with van der Waals surface area (Å²) in [7, 11) is 2.08. The number of rotatable bonds is 3. The van der Waals surface area contributed by atoms with Gasteiger partial charge in [-0.3, -0.25) is 4.79 Å². The predicted molar refractivity (Wildman–Crippen MR) is 88.1 cm³/mol. The van der Waals surface area contributed by atoms with E-state index in [1.54, 1.807) is 0 Å². The Morgan fingerprint density at radius 1 is 1.05 bits per heavy atom. The molecule has 116 valence electrons. The van der Waals surface area contributed by atoms with Gasteiger partial charge >= 0.3 is 0 Å². The van der Waals surface area contributed by atoms with Gasteiger partial charge in [0.2, 0.25) is 0 Å². The number of carbonyl (C=O) groups is 1. The van der Waals surface area contributed by atoms with Crippen LogP contribution in [0.3, 0.4) is 0 Å². The van der Waals surface area contributed by atoms with Crippen LogP contribution in [0.4, 0.5) is 0 Å². The highest BCUT2D eigenvalue weighted by Gasteiger charge is 2.25. The van der Waals surface area contributed by atoms with E-state index in [2.05, 4.69) is 24.1 Å². The molecule has 2 aromatic rings. The molecular formula is C18H22N2O2. The molecule has 0 saturated carbocycles. The number of hydrogen-bond acceptors (Lipinski definition) is 3. The summed E-state index contributed by atoms with van der Waals surface area (Å²) in [5.74, 6) is 0.842. The summed E-state index contributed by atoms with van der Waals surface area (Å²) in [6.45, 7) is 5.24. The first-order valence-electron chi connectivity index (χ1n) is 7.77. The third-order valence-corrected chi connectivity index (χ3v) is 4.22. The second-order valence-electron chi connectivity index (χ2n) is 5.87. The molecule has 4 heteroatoms. The minimum Gasteiger partial charge on any atom is -0.480 e. The number of hydrogen-bond donors (Lipinski definition) is 0. The largest absolute Gasteiger partial charge is 0.480 e. The summed E-state index contributed by atoms with van der Waals surface area (Å²) in [5.41, 5.74) is 0. The monoisotopic (exact) mass is 298 g/mol. The van der Waals surface area contributed by atoms with Crippen molar-refractivity contribution < 1.29 is 9.53 Å². The van der Waals surface area contributed by atoms with Crippen LogP contribution in [0.2, 0.25) is 0 Å². The van der Waals surface area contributed by atoms with E-state index in [0.717, 1.165) is 42.7 Å². The molecule has 22 heavy (non-hydrogen) atoms. The molecule has 1 amide bonds. The SMILES string of the molecule is C[C@@H](Oc1cccc2ccccc12)C(=O)N1CCN(C)CC1. The van der Waals surface area contributed by atoms with Gasteiger partial charge in [-0.1, -0.05) is 36.4 Å². The summed E-state index contributed by atoms with van der Waals surface area (Å²) < 4.78 is 5.96. The van der Waals surface area contributed by atoms with Crippen molar-refractivity contribution in [3.05, 3.63) is 42.5 Å². The Morgan fingerprint density at radius 3 is 2.50 bits per heavy atom. The number of ether oxygens (including phenoxy) is 1. The molecule has 2 aromatic carbocycles. The number of likely N-dealkylation sites (N-methyl/N-ethyl adjacent to an activating group) is 1. The number of piperazine rings is 1. The predicted octanol–water partition coefficient (Wildman–Crippen LogP) is 2.38. The minimum absolute atomic E-state index is 0.0704. The molecule has 1 aliphatic rings. The van der Waals surface area contributed by atoms with E-state index in [0.29, 0.717) is 0 Å². The van der Waals surface area contributed by atoms with Crippen molar-refractivity contribution in [3.63, 3.8) is 0 Å². The summed E-state index contributed by atoms with van der Waals surface area (Å²) in [4.78, 5) is 16.7. The maximum absolute atomic E-state index is 12.5. The molecule has 0 bridgehead atoms. The number of carbonyl (C=O) groups excluding carboxylic acids is 1. The Bertz CT molecular complexity index is 658. The number of fused-ring (bicyclic) bond motifs is 1. The van der Waals surface area contributed by atoms with Gasteiger partial charge in [-0.05, 0) is 25.4 Å². The standard InChI is InChI=1S/C18H22N2O2/c1-14(18(21)20-12-10-19(2)11-13-20)22-17-9-5-7-15-6-3-4-8-16(15)17/h3-9,14H,10-13H2,1-2H3/t14-/m1/s1. The Labute approximate surface area is 131 Å². The van der Waals surface area contributed by atoms with Crippen molar-refractivity contribution in [2.24, 2.45) is 0 Å². The van der Waals surface area contributed by atoms with Crippen LogP contribution >= 0.6 is 0 Å². The van der Waals surface area contributed by atoms with Gasteiger partial charge in [-0.2, -0.15) is 0 Å². The Balaban J connectivity index is 1.73. The number of nitrogens with zero attached hydrogens (tertiary/aromatic N) is 2. The zero-order chi connectivity index (χ0) is 15.5. The molecule has 0 radical (unpaired) electrons. The highest BCUT2D eigenvalue weighted by molar-refractivity contribution is 5.89. The third-order valence-electron chi connectivity index (χ3n) is 4.22. The molecular weight excluding hydrogens is 276 g/mol. The first-order valence-corrected chi connectivity index (χ1v) is 7.77. The fraction of sp³-hybridized carbons (Fsp3) is 0.389. The zero-order valence-corrected chi connectivity index (χ0v) is 13.2. The van der Waals surface area contributed by atoms with Gasteiger partial charge < -0.3 is 14.5 Å². The lowest BCUT2D eigenvalue weighted by Gasteiger charge is -2.33. The Kier molecular flexibility index (Phi) is 4.29. The first kappa shape index (κ1) is 14.9. The van der Waals surface area contributed by atoms with E-state index < -0.39 is 6.10 Å². The summed E-state index contributed by atoms with van der Waals surface area (Å²) in [6.07, 6.45) is -0.464. The van der Waals surface area contributed by atoms with E-state index in [9.17, 15) is 4.79 Å². The van der Waals surface area contributed by atoms with Crippen molar-refractivity contribution in [3.8, 4) is 5.75 Å². The van der Waals surface area contributed by atoms with Crippen LogP contribution in [0.15, 0.2) is 42.5 Å². The number of amides is 1. The lowest BCUT2D eigenvalue weighted by atomic mass is 10.1. The van der Waals surface area contributed by atoms with Crippen molar-refractivity contribution in [1.82, 2.24) is 9.80 Å². The van der Waals surface area contributed by atoms with Crippen molar-refractivity contribution in [2.75, 3.05) is 33.2 Å². The van der Waals surface area contributed by atoms with Gasteiger partial charge in [0, 0.05) is 31.6 Å². The van der Waals surface area contributed by atoms with Crippen LogP contribution in [-0.4, -0.2) is 55.0 Å². The molecule has 1 aliphatic heterocycles. The zero-order valence-electron chi connectivity index (χ0n) is 13.2. The molecule has 0 aromatic heterocycles. The van der Waals surface area contributed by atoms with Crippen LogP contribution in [0.1, 0.15) is 6.92 Å². The summed E-state index contributed by atoms with van der Waals surface area (Å²) >= 11 is 0. The van der Waals surface area contributed by atoms with Gasteiger partial charge in [0.1, 0.15) is 5.75 Å². The van der Waals surface area contributed by atoms with Crippen LogP contribution in [0.5, 0.6) is 5.75 Å². The quantitative estimate of drug-likeness (QED) is 0.872. The second kappa shape index (κ2) is 6.36. The lowest BCUT2D eigenvalue weighted by Crippen LogP contribution is -2.50. The maximum atomic E-state index is 12.5. The summed E-state index contributed by atoms with van der Waals surface area (Å²) in [5, 5.41) is 2.17. The van der Waals surface area contributed by atoms with Gasteiger partial charge in [-0.15, -0.1) is 0 Å². The highest BCUT2D eigenvalue weighted by atomic mass is 16.5. The summed E-state index contributed by atoms with van der Waals surface area (Å²) in [6, 6.07) is 14.0. The van der Waals surface area contributed by atoms with Crippen molar-refractivity contribution >= 4 is 16.7 Å². The first-order chi connectivity index (χ1) is 10.6. The molecule has 1 saturated heterocycles. The average molecular weight is 298 g/mol. The number of benzene rings is 2. The maximum Gasteiger partial charge on any atom is 0.263 e. The van der Waals surface area contributed by atoms with E-state index >= 15 is 0 Å². The fourth-order valence-corrected chi connectivity index (χ4v) is 2.82. The van der Waals surface area contributed by atoms with Gasteiger partial charge in [0.25, 0.3) is 5.91 Å². The van der Waals surface area contributed by atoms with E-state index in [4.69, 9.17) is 4.74 Å². The molecule has 3 rings (SSSR count). The molecule has 0 spiro atoms. The molecule has 4 nitrogen and oxygen atoms in total. The van der Waals surface area contributed by atoms with Crippen LogP contribution in [-0.2, 0) is 4.79 Å². The Morgan fingerprint density at radius 2 is 1.73 bits per heavy atom.